The number of hydrogen-bond acceptors (Lipinski definition) is 2. The van der Waals surface area contributed by atoms with Crippen molar-refractivity contribution in [3.8, 4) is 0 Å². The Hall–Kier alpha value is -0.148. The minimum atomic E-state index is -0.669. The smallest absolute Gasteiger partial charge is 0.116 e. The van der Waals surface area contributed by atoms with Crippen molar-refractivity contribution in [2.75, 3.05) is 38.0 Å². The summed E-state index contributed by atoms with van der Waals surface area (Å²) in [5.41, 5.74) is 2.77. The van der Waals surface area contributed by atoms with Gasteiger partial charge in [0, 0.05) is 64.5 Å². The van der Waals surface area contributed by atoms with Crippen molar-refractivity contribution in [2.45, 2.75) is 104 Å². The molecule has 0 aliphatic heterocycles. The van der Waals surface area contributed by atoms with Crippen LogP contribution in [0.3, 0.4) is 0 Å². The van der Waals surface area contributed by atoms with Crippen LogP contribution >= 0.6 is 28.3 Å². The SMILES string of the molecule is CN(C)c1ccccc1[PH+](C(C)(C)C)C(C)(C)C.CN(C)c1ccccc1[PH+](C(C)(C)C)C(C)(C)C.Cl.[Pd]. The maximum absolute atomic E-state index is 2.39. The zero-order chi connectivity index (χ0) is 28.3. The van der Waals surface area contributed by atoms with Gasteiger partial charge >= 0.3 is 0 Å². The first-order valence-electron chi connectivity index (χ1n) is 13.4. The maximum Gasteiger partial charge on any atom is 0.116 e. The van der Waals surface area contributed by atoms with Crippen LogP contribution in [0.1, 0.15) is 83.1 Å². The standard InChI is InChI=1S/2C16H28NP.ClH.Pd/c2*1-15(2,3)18(16(4,5)6)14-12-10-9-11-13(14)17(7)8;;/h2*9-12H,1-8H3;1H;/p+2. The predicted molar refractivity (Wildman–Crippen MR) is 184 cm³/mol. The van der Waals surface area contributed by atoms with Crippen molar-refractivity contribution >= 4 is 50.2 Å². The summed E-state index contributed by atoms with van der Waals surface area (Å²) in [6.07, 6.45) is 0. The topological polar surface area (TPSA) is 6.48 Å². The molecule has 0 bridgehead atoms. The molecule has 6 heteroatoms. The molecule has 0 atom stereocenters. The normalized spacial score (nSPS) is 12.3. The molecule has 0 unspecified atom stereocenters. The summed E-state index contributed by atoms with van der Waals surface area (Å²) in [4.78, 5) is 4.50. The average molecular weight is 676 g/mol. The van der Waals surface area contributed by atoms with Gasteiger partial charge in [-0.3, -0.25) is 0 Å². The minimum absolute atomic E-state index is 0. The molecule has 2 aromatic rings. The average Bonchev–Trinajstić information content (AvgIpc) is 2.64. The Kier molecular flexibility index (Phi) is 16.0. The number of para-hydroxylation sites is 2. The van der Waals surface area contributed by atoms with Crippen molar-refractivity contribution in [3.05, 3.63) is 48.5 Å². The summed E-state index contributed by atoms with van der Waals surface area (Å²) < 4.78 is 0. The largest absolute Gasteiger partial charge is 0.374 e. The molecular weight excluding hydrogens is 616 g/mol. The summed E-state index contributed by atoms with van der Waals surface area (Å²) >= 11 is 0. The monoisotopic (exact) mass is 674 g/mol. The van der Waals surface area contributed by atoms with E-state index >= 15 is 0 Å². The Morgan fingerprint density at radius 2 is 0.658 bits per heavy atom. The third-order valence-corrected chi connectivity index (χ3v) is 14.2. The molecular formula is C32H59ClN2P2Pd+2. The molecule has 0 amide bonds. The van der Waals surface area contributed by atoms with E-state index in [-0.39, 0.29) is 32.8 Å². The van der Waals surface area contributed by atoms with Crippen LogP contribution in [0.4, 0.5) is 11.4 Å². The molecule has 0 aliphatic carbocycles. The fourth-order valence-corrected chi connectivity index (χ4v) is 15.4. The summed E-state index contributed by atoms with van der Waals surface area (Å²) in [7, 11) is 7.23. The molecule has 0 heterocycles. The van der Waals surface area contributed by atoms with Gasteiger partial charge in [0.2, 0.25) is 0 Å². The molecule has 0 saturated heterocycles. The summed E-state index contributed by atoms with van der Waals surface area (Å²) in [6.45, 7) is 28.7. The van der Waals surface area contributed by atoms with E-state index < -0.39 is 15.8 Å². The van der Waals surface area contributed by atoms with Gasteiger partial charge in [-0.05, 0) is 107 Å². The van der Waals surface area contributed by atoms with E-state index in [1.165, 1.54) is 11.4 Å². The molecule has 222 valence electrons. The van der Waals surface area contributed by atoms with Crippen molar-refractivity contribution in [3.63, 3.8) is 0 Å². The molecule has 38 heavy (non-hydrogen) atoms. The third kappa shape index (κ3) is 11.4. The molecule has 2 rings (SSSR count). The Morgan fingerprint density at radius 3 is 0.842 bits per heavy atom. The quantitative estimate of drug-likeness (QED) is 0.236. The van der Waals surface area contributed by atoms with Crippen LogP contribution in [0.5, 0.6) is 0 Å². The van der Waals surface area contributed by atoms with Crippen LogP contribution in [0.25, 0.3) is 0 Å². The Balaban J connectivity index is 0. The predicted octanol–water partition coefficient (Wildman–Crippen LogP) is 8.80. The van der Waals surface area contributed by atoms with Crippen LogP contribution in [-0.2, 0) is 20.4 Å². The molecule has 0 fully saturated rings. The molecule has 0 N–H and O–H groups in total. The van der Waals surface area contributed by atoms with Crippen molar-refractivity contribution in [1.82, 2.24) is 0 Å². The van der Waals surface area contributed by atoms with Gasteiger partial charge in [-0.1, -0.05) is 24.3 Å². The van der Waals surface area contributed by atoms with Gasteiger partial charge in [-0.25, -0.2) is 0 Å². The first-order chi connectivity index (χ1) is 16.1. The van der Waals surface area contributed by atoms with E-state index in [1.807, 2.05) is 0 Å². The number of nitrogens with zero attached hydrogens (tertiary/aromatic N) is 2. The second-order valence-electron chi connectivity index (χ2n) is 14.6. The minimum Gasteiger partial charge on any atom is -0.374 e. The van der Waals surface area contributed by atoms with Crippen molar-refractivity contribution < 1.29 is 20.4 Å². The second kappa shape index (κ2) is 15.2. The molecule has 0 saturated carbocycles. The van der Waals surface area contributed by atoms with Gasteiger partial charge in [0.05, 0.1) is 32.0 Å². The first-order valence-corrected chi connectivity index (χ1v) is 16.4. The van der Waals surface area contributed by atoms with Gasteiger partial charge in [-0.15, -0.1) is 12.4 Å². The van der Waals surface area contributed by atoms with Crippen LogP contribution in [-0.4, -0.2) is 48.8 Å². The second-order valence-corrected chi connectivity index (χ2v) is 23.2. The summed E-state index contributed by atoms with van der Waals surface area (Å²) in [5.74, 6) is 0. The fourth-order valence-electron chi connectivity index (χ4n) is 6.02. The van der Waals surface area contributed by atoms with Crippen molar-refractivity contribution in [2.24, 2.45) is 0 Å². The van der Waals surface area contributed by atoms with E-state index in [2.05, 4.69) is 170 Å². The van der Waals surface area contributed by atoms with Crippen molar-refractivity contribution in [1.29, 1.82) is 0 Å². The van der Waals surface area contributed by atoms with E-state index in [9.17, 15) is 0 Å². The molecule has 0 spiro atoms. The first kappa shape index (κ1) is 40.0. The van der Waals surface area contributed by atoms with Gasteiger partial charge in [0.1, 0.15) is 10.6 Å². The fraction of sp³-hybridized carbons (Fsp3) is 0.625. The number of hydrogen-bond donors (Lipinski definition) is 0. The number of halogens is 1. The van der Waals surface area contributed by atoms with Crippen LogP contribution in [0.2, 0.25) is 0 Å². The van der Waals surface area contributed by atoms with Gasteiger partial charge in [0.25, 0.3) is 0 Å². The van der Waals surface area contributed by atoms with Crippen LogP contribution in [0.15, 0.2) is 48.5 Å². The van der Waals surface area contributed by atoms with Crippen LogP contribution < -0.4 is 20.4 Å². The number of benzene rings is 2. The molecule has 2 aromatic carbocycles. The Morgan fingerprint density at radius 1 is 0.447 bits per heavy atom. The zero-order valence-electron chi connectivity index (χ0n) is 27.2. The summed E-state index contributed by atoms with van der Waals surface area (Å²) in [5, 5.41) is 4.55. The maximum atomic E-state index is 2.39. The van der Waals surface area contributed by atoms with Gasteiger partial charge < -0.3 is 9.80 Å². The van der Waals surface area contributed by atoms with Gasteiger partial charge in [-0.2, -0.15) is 0 Å². The summed E-state index contributed by atoms with van der Waals surface area (Å²) in [6, 6.07) is 17.8. The Labute approximate surface area is 259 Å². The number of rotatable bonds is 4. The van der Waals surface area contributed by atoms with Crippen LogP contribution in [0, 0.1) is 0 Å². The molecule has 0 aromatic heterocycles. The zero-order valence-corrected chi connectivity index (χ0v) is 31.6. The van der Waals surface area contributed by atoms with E-state index in [1.54, 1.807) is 10.6 Å². The van der Waals surface area contributed by atoms with E-state index in [4.69, 9.17) is 0 Å². The third-order valence-electron chi connectivity index (χ3n) is 6.31. The van der Waals surface area contributed by atoms with Gasteiger partial charge in [0.15, 0.2) is 0 Å². The number of anilines is 2. The Bertz CT molecular complexity index is 857. The van der Waals surface area contributed by atoms with E-state index in [0.29, 0.717) is 20.6 Å². The molecule has 0 radical (unpaired) electrons. The molecule has 2 nitrogen and oxygen atoms in total. The molecule has 0 aliphatic rings. The van der Waals surface area contributed by atoms with E-state index in [0.717, 1.165) is 0 Å².